The van der Waals surface area contributed by atoms with E-state index in [0.717, 1.165) is 35.3 Å². The fourth-order valence-corrected chi connectivity index (χ4v) is 2.20. The Hall–Kier alpha value is -2.43. The zero-order valence-electron chi connectivity index (χ0n) is 12.8. The van der Waals surface area contributed by atoms with Crippen LogP contribution in [0.25, 0.3) is 11.3 Å². The molecule has 0 aliphatic heterocycles. The van der Waals surface area contributed by atoms with Gasteiger partial charge < -0.3 is 10.1 Å². The summed E-state index contributed by atoms with van der Waals surface area (Å²) in [5, 5.41) is 11.2. The summed E-state index contributed by atoms with van der Waals surface area (Å²) in [4.78, 5) is 11.9. The molecule has 0 spiro atoms. The molecular formula is C17H19N3O2. The molecule has 0 bridgehead atoms. The average molecular weight is 297 g/mol. The summed E-state index contributed by atoms with van der Waals surface area (Å²) in [5.74, 6) is 0.812. The summed E-state index contributed by atoms with van der Waals surface area (Å²) >= 11 is 0. The summed E-state index contributed by atoms with van der Waals surface area (Å²) in [6.45, 7) is 4.45. The van der Waals surface area contributed by atoms with Crippen LogP contribution in [0.1, 0.15) is 25.3 Å². The van der Waals surface area contributed by atoms with E-state index in [1.54, 1.807) is 6.07 Å². The Bertz CT molecular complexity index is 679. The number of amides is 1. The number of nitrogens with zero attached hydrogens (tertiary/aromatic N) is 2. The molecule has 0 radical (unpaired) electrons. The van der Waals surface area contributed by atoms with Crippen LogP contribution in [0, 0.1) is 12.8 Å². The maximum Gasteiger partial charge on any atom is 0.233 e. The van der Waals surface area contributed by atoms with Crippen LogP contribution in [0.15, 0.2) is 30.3 Å². The number of aryl methyl sites for hydroxylation is 1. The Labute approximate surface area is 129 Å². The van der Waals surface area contributed by atoms with E-state index >= 15 is 0 Å². The van der Waals surface area contributed by atoms with Gasteiger partial charge in [-0.25, -0.2) is 0 Å². The van der Waals surface area contributed by atoms with Crippen LogP contribution in [-0.2, 0) is 4.79 Å². The molecule has 5 nitrogen and oxygen atoms in total. The van der Waals surface area contributed by atoms with Gasteiger partial charge in [0.25, 0.3) is 0 Å². The second-order valence-corrected chi connectivity index (χ2v) is 5.48. The lowest BCUT2D eigenvalue weighted by Gasteiger charge is -2.10. The minimum Gasteiger partial charge on any atom is -0.477 e. The fraction of sp³-hybridized carbons (Fsp3) is 0.353. The van der Waals surface area contributed by atoms with Crippen molar-refractivity contribution in [3.63, 3.8) is 0 Å². The summed E-state index contributed by atoms with van der Waals surface area (Å²) < 4.78 is 5.29. The Kier molecular flexibility index (Phi) is 4.04. The Morgan fingerprint density at radius 1 is 1.27 bits per heavy atom. The topological polar surface area (TPSA) is 64.1 Å². The van der Waals surface area contributed by atoms with Crippen LogP contribution in [0.2, 0.25) is 0 Å². The molecule has 1 amide bonds. The van der Waals surface area contributed by atoms with Crippen molar-refractivity contribution in [2.24, 2.45) is 5.92 Å². The number of benzene rings is 1. The SMILES string of the molecule is CCOc1ccc(-c2ccc(C)c(NC(=O)C3CC3)c2)nn1. The van der Waals surface area contributed by atoms with Crippen molar-refractivity contribution in [3.05, 3.63) is 35.9 Å². The highest BCUT2D eigenvalue weighted by Gasteiger charge is 2.29. The molecule has 2 aromatic rings. The smallest absolute Gasteiger partial charge is 0.233 e. The van der Waals surface area contributed by atoms with E-state index in [1.165, 1.54) is 0 Å². The largest absolute Gasteiger partial charge is 0.477 e. The number of anilines is 1. The second kappa shape index (κ2) is 6.13. The first-order valence-electron chi connectivity index (χ1n) is 7.56. The molecule has 0 saturated heterocycles. The van der Waals surface area contributed by atoms with Gasteiger partial charge in [-0.3, -0.25) is 4.79 Å². The molecule has 1 fully saturated rings. The molecule has 1 aliphatic rings. The quantitative estimate of drug-likeness (QED) is 0.920. The van der Waals surface area contributed by atoms with Gasteiger partial charge in [-0.05, 0) is 44.4 Å². The van der Waals surface area contributed by atoms with Crippen molar-refractivity contribution in [1.82, 2.24) is 10.2 Å². The zero-order valence-corrected chi connectivity index (χ0v) is 12.8. The van der Waals surface area contributed by atoms with E-state index in [1.807, 2.05) is 38.1 Å². The van der Waals surface area contributed by atoms with Crippen LogP contribution in [0.3, 0.4) is 0 Å². The molecule has 1 aliphatic carbocycles. The van der Waals surface area contributed by atoms with Crippen molar-refractivity contribution in [3.8, 4) is 17.1 Å². The highest BCUT2D eigenvalue weighted by atomic mass is 16.5. The first-order valence-corrected chi connectivity index (χ1v) is 7.56. The summed E-state index contributed by atoms with van der Waals surface area (Å²) in [6.07, 6.45) is 1.99. The van der Waals surface area contributed by atoms with Gasteiger partial charge in [0.1, 0.15) is 0 Å². The van der Waals surface area contributed by atoms with E-state index in [9.17, 15) is 4.79 Å². The minimum absolute atomic E-state index is 0.109. The lowest BCUT2D eigenvalue weighted by atomic mass is 10.1. The van der Waals surface area contributed by atoms with E-state index in [0.29, 0.717) is 12.5 Å². The molecule has 0 atom stereocenters. The summed E-state index contributed by atoms with van der Waals surface area (Å²) in [5.41, 5.74) is 3.55. The molecule has 3 rings (SSSR count). The summed E-state index contributed by atoms with van der Waals surface area (Å²) in [6, 6.07) is 9.58. The van der Waals surface area contributed by atoms with Gasteiger partial charge in [-0.2, -0.15) is 0 Å². The van der Waals surface area contributed by atoms with E-state index in [-0.39, 0.29) is 11.8 Å². The predicted molar refractivity (Wildman–Crippen MR) is 84.7 cm³/mol. The van der Waals surface area contributed by atoms with Crippen LogP contribution in [0.4, 0.5) is 5.69 Å². The van der Waals surface area contributed by atoms with E-state index < -0.39 is 0 Å². The Morgan fingerprint density at radius 2 is 2.09 bits per heavy atom. The first kappa shape index (κ1) is 14.5. The third kappa shape index (κ3) is 3.24. The minimum atomic E-state index is 0.109. The number of carbonyl (C=O) groups excluding carboxylic acids is 1. The van der Waals surface area contributed by atoms with E-state index in [4.69, 9.17) is 4.74 Å². The predicted octanol–water partition coefficient (Wildman–Crippen LogP) is 3.20. The molecule has 1 N–H and O–H groups in total. The summed E-state index contributed by atoms with van der Waals surface area (Å²) in [7, 11) is 0. The third-order valence-electron chi connectivity index (χ3n) is 3.67. The third-order valence-corrected chi connectivity index (χ3v) is 3.67. The lowest BCUT2D eigenvalue weighted by molar-refractivity contribution is -0.117. The van der Waals surface area contributed by atoms with Crippen LogP contribution >= 0.6 is 0 Å². The molecular weight excluding hydrogens is 278 g/mol. The fourth-order valence-electron chi connectivity index (χ4n) is 2.20. The van der Waals surface area contributed by atoms with Crippen LogP contribution < -0.4 is 10.1 Å². The molecule has 114 valence electrons. The number of carbonyl (C=O) groups is 1. The van der Waals surface area contributed by atoms with Gasteiger partial charge in [0.2, 0.25) is 11.8 Å². The lowest BCUT2D eigenvalue weighted by Crippen LogP contribution is -2.14. The standard InChI is InChI=1S/C17H19N3O2/c1-3-22-16-9-8-14(19-20-16)13-5-4-11(2)15(10-13)18-17(21)12-6-7-12/h4-5,8-10,12H,3,6-7H2,1-2H3,(H,18,21). The average Bonchev–Trinajstić information content (AvgIpc) is 3.35. The number of aromatic nitrogens is 2. The van der Waals surface area contributed by atoms with Crippen molar-refractivity contribution < 1.29 is 9.53 Å². The zero-order chi connectivity index (χ0) is 15.5. The molecule has 1 aromatic heterocycles. The monoisotopic (exact) mass is 297 g/mol. The molecule has 0 unspecified atom stereocenters. The molecule has 5 heteroatoms. The maximum atomic E-state index is 11.9. The van der Waals surface area contributed by atoms with Crippen LogP contribution in [0.5, 0.6) is 5.88 Å². The van der Waals surface area contributed by atoms with Gasteiger partial charge >= 0.3 is 0 Å². The first-order chi connectivity index (χ1) is 10.7. The van der Waals surface area contributed by atoms with Crippen molar-refractivity contribution in [2.75, 3.05) is 11.9 Å². The number of nitrogens with one attached hydrogen (secondary N) is 1. The molecule has 1 saturated carbocycles. The number of rotatable bonds is 5. The molecule has 22 heavy (non-hydrogen) atoms. The normalized spacial score (nSPS) is 13.7. The highest BCUT2D eigenvalue weighted by Crippen LogP contribution is 2.31. The van der Waals surface area contributed by atoms with Gasteiger partial charge in [-0.1, -0.05) is 12.1 Å². The van der Waals surface area contributed by atoms with E-state index in [2.05, 4.69) is 15.5 Å². The Balaban J connectivity index is 1.82. The second-order valence-electron chi connectivity index (χ2n) is 5.48. The number of hydrogen-bond acceptors (Lipinski definition) is 4. The van der Waals surface area contributed by atoms with Crippen molar-refractivity contribution in [2.45, 2.75) is 26.7 Å². The van der Waals surface area contributed by atoms with Crippen molar-refractivity contribution in [1.29, 1.82) is 0 Å². The number of ether oxygens (including phenoxy) is 1. The Morgan fingerprint density at radius 3 is 2.73 bits per heavy atom. The van der Waals surface area contributed by atoms with Crippen LogP contribution in [-0.4, -0.2) is 22.7 Å². The van der Waals surface area contributed by atoms with Crippen molar-refractivity contribution >= 4 is 11.6 Å². The number of hydrogen-bond donors (Lipinski definition) is 1. The molecule has 1 heterocycles. The molecule has 1 aromatic carbocycles. The highest BCUT2D eigenvalue weighted by molar-refractivity contribution is 5.95. The van der Waals surface area contributed by atoms with Gasteiger partial charge in [0.15, 0.2) is 0 Å². The van der Waals surface area contributed by atoms with Gasteiger partial charge in [0, 0.05) is 23.2 Å². The van der Waals surface area contributed by atoms with Gasteiger partial charge in [0.05, 0.1) is 12.3 Å². The maximum absolute atomic E-state index is 11.9. The van der Waals surface area contributed by atoms with Gasteiger partial charge in [-0.15, -0.1) is 10.2 Å².